The Morgan fingerprint density at radius 3 is 2.29 bits per heavy atom. The second-order valence-electron chi connectivity index (χ2n) is 7.60. The summed E-state index contributed by atoms with van der Waals surface area (Å²) in [5.41, 5.74) is 2.72. The van der Waals surface area contributed by atoms with E-state index in [0.717, 1.165) is 34.2 Å². The maximum absolute atomic E-state index is 14.7. The van der Waals surface area contributed by atoms with Crippen molar-refractivity contribution in [1.82, 2.24) is 9.71 Å². The van der Waals surface area contributed by atoms with E-state index in [0.29, 0.717) is 5.75 Å². The molecule has 0 spiro atoms. The molecular weight excluding hydrogens is 459 g/mol. The molecule has 0 aliphatic carbocycles. The van der Waals surface area contributed by atoms with Crippen LogP contribution < -0.4 is 18.9 Å². The Balaban J connectivity index is 1.71. The van der Waals surface area contributed by atoms with Gasteiger partial charge in [0.25, 0.3) is 0 Å². The normalized spacial score (nSPS) is 12.5. The zero-order valence-corrected chi connectivity index (χ0v) is 19.8. The lowest BCUT2D eigenvalue weighted by molar-refractivity contribution is 0.350. The second-order valence-corrected chi connectivity index (χ2v) is 9.34. The molecule has 0 fully saturated rings. The highest BCUT2D eigenvalue weighted by Crippen LogP contribution is 2.34. The van der Waals surface area contributed by atoms with Crippen molar-refractivity contribution in [2.75, 3.05) is 27.9 Å². The zero-order chi connectivity index (χ0) is 24.3. The number of fused-ring (bicyclic) bond motifs is 1. The smallest absolute Gasteiger partial charge is 0.243 e. The molecule has 1 aromatic heterocycles. The standard InChI is InChI=1S/C25H25FN2O5S/c1-31-17-10-8-16(9-11-17)19(20-14-27-22-7-5-4-6-18(20)22)15-28-34(29,30)25-13-24(33-3)23(32-2)12-21(25)26/h4-14,19,27-28H,15H2,1-3H3/t19-/m1/s1. The van der Waals surface area contributed by atoms with E-state index in [9.17, 15) is 12.8 Å². The predicted molar refractivity (Wildman–Crippen MR) is 128 cm³/mol. The number of methoxy groups -OCH3 is 3. The molecule has 0 bridgehead atoms. The van der Waals surface area contributed by atoms with E-state index in [2.05, 4.69) is 9.71 Å². The lowest BCUT2D eigenvalue weighted by atomic mass is 9.91. The van der Waals surface area contributed by atoms with Gasteiger partial charge in [0.15, 0.2) is 11.5 Å². The maximum atomic E-state index is 14.7. The minimum atomic E-state index is -4.20. The van der Waals surface area contributed by atoms with Crippen LogP contribution >= 0.6 is 0 Å². The predicted octanol–water partition coefficient (Wildman–Crippen LogP) is 4.44. The van der Waals surface area contributed by atoms with Gasteiger partial charge < -0.3 is 19.2 Å². The van der Waals surface area contributed by atoms with E-state index < -0.39 is 20.7 Å². The highest BCUT2D eigenvalue weighted by Gasteiger charge is 2.26. The van der Waals surface area contributed by atoms with Crippen LogP contribution in [0.25, 0.3) is 10.9 Å². The molecule has 1 heterocycles. The first-order valence-corrected chi connectivity index (χ1v) is 12.0. The minimum absolute atomic E-state index is 0.00426. The van der Waals surface area contributed by atoms with E-state index in [1.807, 2.05) is 54.7 Å². The molecule has 9 heteroatoms. The first kappa shape index (κ1) is 23.6. The number of aromatic nitrogens is 1. The topological polar surface area (TPSA) is 89.7 Å². The van der Waals surface area contributed by atoms with Gasteiger partial charge in [0.05, 0.1) is 21.3 Å². The third-order valence-electron chi connectivity index (χ3n) is 5.72. The van der Waals surface area contributed by atoms with Crippen molar-refractivity contribution in [3.8, 4) is 17.2 Å². The van der Waals surface area contributed by atoms with Crippen LogP contribution in [0.3, 0.4) is 0 Å². The van der Waals surface area contributed by atoms with Gasteiger partial charge in [0, 0.05) is 41.7 Å². The number of sulfonamides is 1. The van der Waals surface area contributed by atoms with Crippen molar-refractivity contribution in [2.45, 2.75) is 10.8 Å². The molecule has 0 radical (unpaired) electrons. The first-order chi connectivity index (χ1) is 16.4. The fourth-order valence-electron chi connectivity index (χ4n) is 3.94. The van der Waals surface area contributed by atoms with Crippen molar-refractivity contribution in [3.05, 3.63) is 83.8 Å². The number of para-hydroxylation sites is 1. The zero-order valence-electron chi connectivity index (χ0n) is 19.0. The van der Waals surface area contributed by atoms with E-state index in [4.69, 9.17) is 14.2 Å². The van der Waals surface area contributed by atoms with Gasteiger partial charge in [-0.2, -0.15) is 0 Å². The summed E-state index contributed by atoms with van der Waals surface area (Å²) in [6.45, 7) is 0.00426. The number of hydrogen-bond acceptors (Lipinski definition) is 5. The van der Waals surface area contributed by atoms with Gasteiger partial charge in [-0.25, -0.2) is 17.5 Å². The van der Waals surface area contributed by atoms with E-state index in [1.165, 1.54) is 14.2 Å². The number of H-pyrrole nitrogens is 1. The number of halogens is 1. The summed E-state index contributed by atoms with van der Waals surface area (Å²) < 4.78 is 59.0. The van der Waals surface area contributed by atoms with Crippen LogP contribution in [-0.4, -0.2) is 41.3 Å². The van der Waals surface area contributed by atoms with Crippen molar-refractivity contribution in [2.24, 2.45) is 0 Å². The summed E-state index contributed by atoms with van der Waals surface area (Å²) in [5, 5.41) is 0.972. The van der Waals surface area contributed by atoms with E-state index >= 15 is 0 Å². The molecule has 0 unspecified atom stereocenters. The average molecular weight is 485 g/mol. The summed E-state index contributed by atoms with van der Waals surface area (Å²) in [4.78, 5) is 2.72. The number of benzene rings is 3. The minimum Gasteiger partial charge on any atom is -0.497 e. The number of hydrogen-bond donors (Lipinski definition) is 2. The molecule has 0 aliphatic heterocycles. The molecule has 0 amide bonds. The van der Waals surface area contributed by atoms with Crippen molar-refractivity contribution in [3.63, 3.8) is 0 Å². The van der Waals surface area contributed by atoms with Crippen LogP contribution in [0, 0.1) is 5.82 Å². The van der Waals surface area contributed by atoms with Gasteiger partial charge in [-0.05, 0) is 29.3 Å². The third-order valence-corrected chi connectivity index (χ3v) is 7.16. The SMILES string of the molecule is COc1ccc([C@@H](CNS(=O)(=O)c2cc(OC)c(OC)cc2F)c2c[nH]c3ccccc23)cc1. The quantitative estimate of drug-likeness (QED) is 0.367. The Morgan fingerprint density at radius 2 is 1.62 bits per heavy atom. The van der Waals surface area contributed by atoms with Crippen LogP contribution in [0.4, 0.5) is 4.39 Å². The molecule has 0 saturated carbocycles. The largest absolute Gasteiger partial charge is 0.497 e. The van der Waals surface area contributed by atoms with Crippen LogP contribution in [0.1, 0.15) is 17.0 Å². The van der Waals surface area contributed by atoms with Gasteiger partial charge in [-0.15, -0.1) is 0 Å². The monoisotopic (exact) mass is 484 g/mol. The van der Waals surface area contributed by atoms with Crippen LogP contribution in [0.5, 0.6) is 17.2 Å². The molecule has 0 saturated heterocycles. The van der Waals surface area contributed by atoms with Crippen LogP contribution in [-0.2, 0) is 10.0 Å². The molecule has 3 aromatic carbocycles. The molecule has 0 aliphatic rings. The van der Waals surface area contributed by atoms with E-state index in [1.54, 1.807) is 7.11 Å². The van der Waals surface area contributed by atoms with Gasteiger partial charge in [-0.3, -0.25) is 0 Å². The van der Waals surface area contributed by atoms with Gasteiger partial charge in [0.2, 0.25) is 10.0 Å². The van der Waals surface area contributed by atoms with Crippen molar-refractivity contribution >= 4 is 20.9 Å². The summed E-state index contributed by atoms with van der Waals surface area (Å²) in [7, 11) is 0.0861. The van der Waals surface area contributed by atoms with Crippen molar-refractivity contribution < 1.29 is 27.0 Å². The number of nitrogens with one attached hydrogen (secondary N) is 2. The Kier molecular flexibility index (Phi) is 6.76. The van der Waals surface area contributed by atoms with Gasteiger partial charge >= 0.3 is 0 Å². The fourth-order valence-corrected chi connectivity index (χ4v) is 5.06. The Bertz CT molecular complexity index is 1400. The molecule has 4 aromatic rings. The number of rotatable bonds is 9. The third kappa shape index (κ3) is 4.57. The molecule has 7 nitrogen and oxygen atoms in total. The summed E-state index contributed by atoms with van der Waals surface area (Å²) >= 11 is 0. The molecular formula is C25H25FN2O5S. The summed E-state index contributed by atoms with van der Waals surface area (Å²) in [6, 6.07) is 17.3. The Morgan fingerprint density at radius 1 is 0.941 bits per heavy atom. The maximum Gasteiger partial charge on any atom is 0.243 e. The highest BCUT2D eigenvalue weighted by molar-refractivity contribution is 7.89. The Labute approximate surface area is 197 Å². The molecule has 178 valence electrons. The average Bonchev–Trinajstić information content (AvgIpc) is 3.28. The van der Waals surface area contributed by atoms with Gasteiger partial charge in [-0.1, -0.05) is 30.3 Å². The molecule has 1 atom stereocenters. The summed E-state index contributed by atoms with van der Waals surface area (Å²) in [5.74, 6) is -0.367. The molecule has 4 rings (SSSR count). The van der Waals surface area contributed by atoms with Crippen LogP contribution in [0.2, 0.25) is 0 Å². The van der Waals surface area contributed by atoms with E-state index in [-0.39, 0.29) is 24.0 Å². The Hall–Kier alpha value is -3.56. The van der Waals surface area contributed by atoms with Gasteiger partial charge in [0.1, 0.15) is 16.5 Å². The van der Waals surface area contributed by atoms with Crippen LogP contribution in [0.15, 0.2) is 71.8 Å². The lowest BCUT2D eigenvalue weighted by Crippen LogP contribution is -2.29. The first-order valence-electron chi connectivity index (χ1n) is 10.5. The molecule has 2 N–H and O–H groups in total. The van der Waals surface area contributed by atoms with Crippen molar-refractivity contribution in [1.29, 1.82) is 0 Å². The number of aromatic amines is 1. The molecule has 34 heavy (non-hydrogen) atoms. The second kappa shape index (κ2) is 9.74. The number of ether oxygens (including phenoxy) is 3. The summed E-state index contributed by atoms with van der Waals surface area (Å²) in [6.07, 6.45) is 1.87. The fraction of sp³-hybridized carbons (Fsp3) is 0.200. The lowest BCUT2D eigenvalue weighted by Gasteiger charge is -2.19. The highest BCUT2D eigenvalue weighted by atomic mass is 32.2.